The van der Waals surface area contributed by atoms with E-state index in [1.54, 1.807) is 31.5 Å². The van der Waals surface area contributed by atoms with Gasteiger partial charge in [-0.25, -0.2) is 4.39 Å². The molecule has 1 N–H and O–H groups in total. The summed E-state index contributed by atoms with van der Waals surface area (Å²) in [5, 5.41) is 3.37. The molecule has 4 nitrogen and oxygen atoms in total. The predicted octanol–water partition coefficient (Wildman–Crippen LogP) is 1.10. The summed E-state index contributed by atoms with van der Waals surface area (Å²) in [6.45, 7) is 1.43. The zero-order valence-electron chi connectivity index (χ0n) is 15.0. The third-order valence-corrected chi connectivity index (χ3v) is 3.98. The van der Waals surface area contributed by atoms with Crippen LogP contribution in [-0.2, 0) is 19.7 Å². The van der Waals surface area contributed by atoms with Crippen molar-refractivity contribution in [3.63, 3.8) is 0 Å². The number of para-hydroxylation sites is 1. The predicted molar refractivity (Wildman–Crippen MR) is 98.5 cm³/mol. The number of rotatable bonds is 8. The van der Waals surface area contributed by atoms with Crippen molar-refractivity contribution in [3.8, 4) is 11.5 Å². The molecule has 0 aliphatic carbocycles. The molecular weight excluding hydrogens is 367 g/mol. The van der Waals surface area contributed by atoms with Gasteiger partial charge < -0.3 is 27.2 Å². The number of ether oxygens (including phenoxy) is 2. The zero-order chi connectivity index (χ0) is 18.2. The summed E-state index contributed by atoms with van der Waals surface area (Å²) in [5.74, 6) is 0.970. The second kappa shape index (κ2) is 10.5. The Morgan fingerprint density at radius 3 is 2.52 bits per heavy atom. The van der Waals surface area contributed by atoms with Crippen molar-refractivity contribution in [1.29, 1.82) is 0 Å². The molecule has 0 spiro atoms. The van der Waals surface area contributed by atoms with Gasteiger partial charge in [0.25, 0.3) is 0 Å². The van der Waals surface area contributed by atoms with Crippen molar-refractivity contribution in [2.24, 2.45) is 0 Å². The van der Waals surface area contributed by atoms with E-state index in [2.05, 4.69) is 10.3 Å². The molecule has 0 saturated heterocycles. The first-order chi connectivity index (χ1) is 12.8. The van der Waals surface area contributed by atoms with Gasteiger partial charge in [-0.05, 0) is 23.8 Å². The Morgan fingerprint density at radius 1 is 0.963 bits per heavy atom. The summed E-state index contributed by atoms with van der Waals surface area (Å²) in [7, 11) is 1.60. The Balaban J connectivity index is 0.00000261. The second-order valence-corrected chi connectivity index (χ2v) is 5.79. The Hall–Kier alpha value is -2.63. The van der Waals surface area contributed by atoms with Crippen molar-refractivity contribution in [1.82, 2.24) is 10.3 Å². The minimum atomic E-state index is -0.279. The maximum atomic E-state index is 13.8. The summed E-state index contributed by atoms with van der Waals surface area (Å²) in [6, 6.07) is 16.2. The lowest BCUT2D eigenvalue weighted by molar-refractivity contribution is -0.00000648. The van der Waals surface area contributed by atoms with Gasteiger partial charge in [-0.2, -0.15) is 0 Å². The number of hydrogen-bond acceptors (Lipinski definition) is 4. The van der Waals surface area contributed by atoms with E-state index in [9.17, 15) is 4.39 Å². The summed E-state index contributed by atoms with van der Waals surface area (Å²) in [5.41, 5.74) is 2.56. The van der Waals surface area contributed by atoms with E-state index >= 15 is 0 Å². The van der Waals surface area contributed by atoms with E-state index in [1.807, 2.05) is 36.5 Å². The highest BCUT2D eigenvalue weighted by Gasteiger charge is 2.12. The first-order valence-electron chi connectivity index (χ1n) is 8.39. The number of methoxy groups -OCH3 is 1. The number of halogens is 2. The van der Waals surface area contributed by atoms with Crippen LogP contribution < -0.4 is 27.2 Å². The van der Waals surface area contributed by atoms with E-state index in [1.165, 1.54) is 6.07 Å². The molecule has 0 amide bonds. The molecule has 3 rings (SSSR count). The Labute approximate surface area is 164 Å². The van der Waals surface area contributed by atoms with Crippen LogP contribution in [-0.4, -0.2) is 12.1 Å². The van der Waals surface area contributed by atoms with E-state index in [0.717, 1.165) is 11.1 Å². The SMILES string of the molecule is COc1cccc(CNCc2cccnc2)c1OCc1ccccc1F.[Cl-]. The lowest BCUT2D eigenvalue weighted by Gasteiger charge is -2.16. The molecule has 0 radical (unpaired) electrons. The highest BCUT2D eigenvalue weighted by Crippen LogP contribution is 2.32. The van der Waals surface area contributed by atoms with Crippen LogP contribution in [0.2, 0.25) is 0 Å². The van der Waals surface area contributed by atoms with Crippen LogP contribution in [0, 0.1) is 5.82 Å². The van der Waals surface area contributed by atoms with Crippen LogP contribution in [0.3, 0.4) is 0 Å². The minimum absolute atomic E-state index is 0. The molecule has 27 heavy (non-hydrogen) atoms. The van der Waals surface area contributed by atoms with Crippen LogP contribution in [0.1, 0.15) is 16.7 Å². The molecule has 1 aromatic heterocycles. The second-order valence-electron chi connectivity index (χ2n) is 5.79. The lowest BCUT2D eigenvalue weighted by atomic mass is 10.1. The van der Waals surface area contributed by atoms with Crippen molar-refractivity contribution in [2.45, 2.75) is 19.7 Å². The van der Waals surface area contributed by atoms with E-state index < -0.39 is 0 Å². The van der Waals surface area contributed by atoms with Crippen molar-refractivity contribution < 1.29 is 26.3 Å². The molecule has 0 atom stereocenters. The lowest BCUT2D eigenvalue weighted by Crippen LogP contribution is -3.00. The Bertz CT molecular complexity index is 847. The van der Waals surface area contributed by atoms with Gasteiger partial charge in [0.15, 0.2) is 11.5 Å². The number of benzene rings is 2. The molecule has 0 aliphatic heterocycles. The topological polar surface area (TPSA) is 43.4 Å². The average Bonchev–Trinajstić information content (AvgIpc) is 2.68. The molecule has 3 aromatic rings. The minimum Gasteiger partial charge on any atom is -1.00 e. The van der Waals surface area contributed by atoms with Crippen molar-refractivity contribution >= 4 is 0 Å². The molecule has 0 saturated carbocycles. The van der Waals surface area contributed by atoms with Gasteiger partial charge >= 0.3 is 0 Å². The molecule has 142 valence electrons. The van der Waals surface area contributed by atoms with Gasteiger partial charge in [-0.15, -0.1) is 0 Å². The molecule has 0 fully saturated rings. The van der Waals surface area contributed by atoms with Gasteiger partial charge in [0.1, 0.15) is 12.4 Å². The smallest absolute Gasteiger partial charge is 0.166 e. The molecule has 2 aromatic carbocycles. The summed E-state index contributed by atoms with van der Waals surface area (Å²) < 4.78 is 25.2. The van der Waals surface area contributed by atoms with Crippen LogP contribution in [0.15, 0.2) is 67.0 Å². The maximum Gasteiger partial charge on any atom is 0.166 e. The van der Waals surface area contributed by atoms with Crippen molar-refractivity contribution in [3.05, 3.63) is 89.5 Å². The normalized spacial score (nSPS) is 10.1. The number of nitrogens with one attached hydrogen (secondary N) is 1. The fourth-order valence-electron chi connectivity index (χ4n) is 2.63. The fourth-order valence-corrected chi connectivity index (χ4v) is 2.63. The van der Waals surface area contributed by atoms with Crippen molar-refractivity contribution in [2.75, 3.05) is 7.11 Å². The third kappa shape index (κ3) is 5.67. The van der Waals surface area contributed by atoms with Crippen LogP contribution in [0.4, 0.5) is 4.39 Å². The molecule has 0 bridgehead atoms. The summed E-state index contributed by atoms with van der Waals surface area (Å²) >= 11 is 0. The number of aromatic nitrogens is 1. The van der Waals surface area contributed by atoms with Gasteiger partial charge in [0.05, 0.1) is 7.11 Å². The molecule has 0 aliphatic rings. The largest absolute Gasteiger partial charge is 1.00 e. The first kappa shape index (κ1) is 20.7. The van der Waals surface area contributed by atoms with Crippen LogP contribution in [0.5, 0.6) is 11.5 Å². The monoisotopic (exact) mass is 387 g/mol. The highest BCUT2D eigenvalue weighted by atomic mass is 35.5. The first-order valence-corrected chi connectivity index (χ1v) is 8.39. The summed E-state index contributed by atoms with van der Waals surface area (Å²) in [4.78, 5) is 4.11. The molecule has 6 heteroatoms. The summed E-state index contributed by atoms with van der Waals surface area (Å²) in [6.07, 6.45) is 3.58. The van der Waals surface area contributed by atoms with Gasteiger partial charge in [-0.3, -0.25) is 4.98 Å². The van der Waals surface area contributed by atoms with Gasteiger partial charge in [0.2, 0.25) is 0 Å². The molecule has 0 unspecified atom stereocenters. The molecule has 1 heterocycles. The zero-order valence-corrected chi connectivity index (χ0v) is 15.7. The molecular formula is C21H21ClFN2O2-. The van der Waals surface area contributed by atoms with E-state index in [-0.39, 0.29) is 24.8 Å². The highest BCUT2D eigenvalue weighted by molar-refractivity contribution is 5.46. The average molecular weight is 388 g/mol. The maximum absolute atomic E-state index is 13.8. The number of pyridine rings is 1. The number of nitrogens with zero attached hydrogens (tertiary/aromatic N) is 1. The Morgan fingerprint density at radius 2 is 1.78 bits per heavy atom. The quantitative estimate of drug-likeness (QED) is 0.628. The van der Waals surface area contributed by atoms with Gasteiger partial charge in [0, 0.05) is 36.6 Å². The standard InChI is InChI=1S/C21H21FN2O2.ClH/c1-25-20-10-4-8-17(14-24-13-16-6-5-11-23-12-16)21(20)26-15-18-7-2-3-9-19(18)22;/h2-12,24H,13-15H2,1H3;1H/p-1. The van der Waals surface area contributed by atoms with E-state index in [4.69, 9.17) is 9.47 Å². The van der Waals surface area contributed by atoms with Gasteiger partial charge in [-0.1, -0.05) is 36.4 Å². The van der Waals surface area contributed by atoms with E-state index in [0.29, 0.717) is 30.2 Å². The number of hydrogen-bond donors (Lipinski definition) is 1. The van der Waals surface area contributed by atoms with Crippen LogP contribution in [0.25, 0.3) is 0 Å². The third-order valence-electron chi connectivity index (χ3n) is 3.98. The Kier molecular flexibility index (Phi) is 8.04. The fraction of sp³-hybridized carbons (Fsp3) is 0.190. The van der Waals surface area contributed by atoms with Crippen LogP contribution >= 0.6 is 0 Å².